The number of nitrogens with zero attached hydrogens (tertiary/aromatic N) is 4. The van der Waals surface area contributed by atoms with Gasteiger partial charge in [-0.2, -0.15) is 0 Å². The fraction of sp³-hybridized carbons (Fsp3) is 0.464. The van der Waals surface area contributed by atoms with Crippen LogP contribution in [0.2, 0.25) is 5.02 Å². The van der Waals surface area contributed by atoms with Crippen molar-refractivity contribution in [1.29, 1.82) is 0 Å². The number of carbonyl (C=O) groups is 1. The lowest BCUT2D eigenvalue weighted by atomic mass is 9.91. The second-order valence-electron chi connectivity index (χ2n) is 10.1. The number of carbonyl (C=O) groups excluding carboxylic acids is 1. The molecule has 8 nitrogen and oxygen atoms in total. The van der Waals surface area contributed by atoms with Gasteiger partial charge >= 0.3 is 0 Å². The van der Waals surface area contributed by atoms with Crippen LogP contribution in [0.15, 0.2) is 36.7 Å². The standard InChI is InChI=1S/C28H33ClFN5O3/c1-34(2)28(36)23-8-5-13-35(23)17-9-11-18(12-10-17)38-25-14-19-22(15-24(25)37-3)31-16-32-27(19)33-21-7-4-6-20(29)26(21)30/h4,6-7,14-18,23H,5,8-13H2,1-3H3,(H,31,32,33)/t17-,18+,23-/m0/s1. The van der Waals surface area contributed by atoms with Crippen molar-refractivity contribution >= 4 is 39.9 Å². The van der Waals surface area contributed by atoms with Gasteiger partial charge in [0, 0.05) is 31.6 Å². The van der Waals surface area contributed by atoms with E-state index in [4.69, 9.17) is 21.1 Å². The molecule has 1 saturated carbocycles. The summed E-state index contributed by atoms with van der Waals surface area (Å²) in [5.74, 6) is 1.27. The summed E-state index contributed by atoms with van der Waals surface area (Å²) in [7, 11) is 5.26. The highest BCUT2D eigenvalue weighted by atomic mass is 35.5. The van der Waals surface area contributed by atoms with Crippen molar-refractivity contribution in [3.05, 3.63) is 47.5 Å². The number of hydrogen-bond donors (Lipinski definition) is 1. The molecule has 2 aliphatic rings. The first-order valence-corrected chi connectivity index (χ1v) is 13.4. The number of halogens is 2. The van der Waals surface area contributed by atoms with Gasteiger partial charge in [0.2, 0.25) is 5.91 Å². The van der Waals surface area contributed by atoms with Gasteiger partial charge < -0.3 is 19.7 Å². The Morgan fingerprint density at radius 2 is 1.92 bits per heavy atom. The summed E-state index contributed by atoms with van der Waals surface area (Å²) in [6, 6.07) is 8.80. The number of ether oxygens (including phenoxy) is 2. The molecule has 3 aromatic rings. The number of nitrogens with one attached hydrogen (secondary N) is 1. The van der Waals surface area contributed by atoms with Crippen LogP contribution in [0.3, 0.4) is 0 Å². The number of rotatable bonds is 7. The van der Waals surface area contributed by atoms with Crippen LogP contribution < -0.4 is 14.8 Å². The number of aromatic nitrogens is 2. The number of amides is 1. The van der Waals surface area contributed by atoms with Crippen molar-refractivity contribution in [3.8, 4) is 11.5 Å². The van der Waals surface area contributed by atoms with Gasteiger partial charge in [-0.15, -0.1) is 0 Å². The molecule has 0 radical (unpaired) electrons. The smallest absolute Gasteiger partial charge is 0.239 e. The molecule has 2 heterocycles. The monoisotopic (exact) mass is 541 g/mol. The molecule has 1 atom stereocenters. The van der Waals surface area contributed by atoms with Gasteiger partial charge in [0.15, 0.2) is 17.3 Å². The Bertz CT molecular complexity index is 1320. The number of likely N-dealkylation sites (tertiary alicyclic amines) is 1. The van der Waals surface area contributed by atoms with Crippen LogP contribution >= 0.6 is 11.6 Å². The van der Waals surface area contributed by atoms with E-state index in [1.165, 1.54) is 12.4 Å². The van der Waals surface area contributed by atoms with Crippen molar-refractivity contribution < 1.29 is 18.7 Å². The molecule has 5 rings (SSSR count). The number of anilines is 2. The van der Waals surface area contributed by atoms with Crippen molar-refractivity contribution in [3.63, 3.8) is 0 Å². The molecule has 10 heteroatoms. The van der Waals surface area contributed by atoms with E-state index < -0.39 is 5.82 Å². The maximum Gasteiger partial charge on any atom is 0.239 e. The molecule has 38 heavy (non-hydrogen) atoms. The largest absolute Gasteiger partial charge is 0.493 e. The number of methoxy groups -OCH3 is 1. The van der Waals surface area contributed by atoms with Gasteiger partial charge in [0.05, 0.1) is 35.5 Å². The molecule has 1 amide bonds. The van der Waals surface area contributed by atoms with Crippen LogP contribution in [0.5, 0.6) is 11.5 Å². The van der Waals surface area contributed by atoms with E-state index >= 15 is 0 Å². The van der Waals surface area contributed by atoms with Crippen LogP contribution in [0.25, 0.3) is 10.9 Å². The molecular formula is C28H33ClFN5O3. The lowest BCUT2D eigenvalue weighted by Crippen LogP contribution is -2.49. The maximum absolute atomic E-state index is 14.5. The minimum Gasteiger partial charge on any atom is -0.493 e. The van der Waals surface area contributed by atoms with Gasteiger partial charge in [-0.3, -0.25) is 9.69 Å². The van der Waals surface area contributed by atoms with Crippen LogP contribution in [0.4, 0.5) is 15.9 Å². The van der Waals surface area contributed by atoms with E-state index in [-0.39, 0.29) is 28.8 Å². The summed E-state index contributed by atoms with van der Waals surface area (Å²) in [6.07, 6.45) is 7.15. The van der Waals surface area contributed by atoms with Gasteiger partial charge in [-0.25, -0.2) is 14.4 Å². The van der Waals surface area contributed by atoms with Crippen molar-refractivity contribution in [2.45, 2.75) is 56.7 Å². The van der Waals surface area contributed by atoms with Crippen LogP contribution in [0, 0.1) is 5.82 Å². The highest BCUT2D eigenvalue weighted by Gasteiger charge is 2.38. The second kappa shape index (κ2) is 11.3. The number of benzene rings is 2. The Balaban J connectivity index is 1.32. The zero-order chi connectivity index (χ0) is 26.8. The molecule has 0 spiro atoms. The fourth-order valence-electron chi connectivity index (χ4n) is 5.61. The Morgan fingerprint density at radius 1 is 1.13 bits per heavy atom. The van der Waals surface area contributed by atoms with Crippen LogP contribution in [-0.2, 0) is 4.79 Å². The van der Waals surface area contributed by atoms with Crippen molar-refractivity contribution in [2.24, 2.45) is 0 Å². The average Bonchev–Trinajstić information content (AvgIpc) is 3.41. The highest BCUT2D eigenvalue weighted by molar-refractivity contribution is 6.31. The topological polar surface area (TPSA) is 79.8 Å². The minimum absolute atomic E-state index is 0.0108. The Hall–Kier alpha value is -3.17. The summed E-state index contributed by atoms with van der Waals surface area (Å²) >= 11 is 5.95. The minimum atomic E-state index is -0.546. The summed E-state index contributed by atoms with van der Waals surface area (Å²) < 4.78 is 26.6. The predicted molar refractivity (Wildman–Crippen MR) is 146 cm³/mol. The molecule has 0 unspecified atom stereocenters. The third kappa shape index (κ3) is 5.35. The molecule has 0 bridgehead atoms. The number of likely N-dealkylation sites (N-methyl/N-ethyl adjacent to an activating group) is 1. The highest BCUT2D eigenvalue weighted by Crippen LogP contribution is 2.38. The van der Waals surface area contributed by atoms with E-state index in [0.29, 0.717) is 34.3 Å². The summed E-state index contributed by atoms with van der Waals surface area (Å²) in [5, 5.41) is 3.75. The van der Waals surface area contributed by atoms with Gasteiger partial charge in [-0.05, 0) is 63.3 Å². The summed E-state index contributed by atoms with van der Waals surface area (Å²) in [4.78, 5) is 25.5. The Morgan fingerprint density at radius 3 is 2.66 bits per heavy atom. The van der Waals surface area contributed by atoms with Gasteiger partial charge in [0.1, 0.15) is 12.1 Å². The molecule has 1 saturated heterocycles. The molecule has 1 aliphatic carbocycles. The molecular weight excluding hydrogens is 509 g/mol. The lowest BCUT2D eigenvalue weighted by molar-refractivity contribution is -0.134. The SMILES string of the molecule is COc1cc2ncnc(Nc3cccc(Cl)c3F)c2cc1O[C@H]1CC[C@@H](N2CCC[C@H]2C(=O)N(C)C)CC1. The Kier molecular flexibility index (Phi) is 7.85. The van der Waals surface area contributed by atoms with Crippen LogP contribution in [0.1, 0.15) is 38.5 Å². The first kappa shape index (κ1) is 26.4. The normalized spacial score (nSPS) is 21.9. The van der Waals surface area contributed by atoms with Crippen molar-refractivity contribution in [2.75, 3.05) is 33.1 Å². The van der Waals surface area contributed by atoms with E-state index in [1.54, 1.807) is 30.2 Å². The zero-order valence-corrected chi connectivity index (χ0v) is 22.7. The fourth-order valence-corrected chi connectivity index (χ4v) is 5.78. The summed E-state index contributed by atoms with van der Waals surface area (Å²) in [5.41, 5.74) is 0.866. The van der Waals surface area contributed by atoms with Gasteiger partial charge in [0.25, 0.3) is 0 Å². The summed E-state index contributed by atoms with van der Waals surface area (Å²) in [6.45, 7) is 0.974. The van der Waals surface area contributed by atoms with Crippen LogP contribution in [-0.4, -0.2) is 71.6 Å². The second-order valence-corrected chi connectivity index (χ2v) is 10.6. The molecule has 202 valence electrons. The van der Waals surface area contributed by atoms with Gasteiger partial charge in [-0.1, -0.05) is 17.7 Å². The van der Waals surface area contributed by atoms with Crippen molar-refractivity contribution in [1.82, 2.24) is 19.8 Å². The zero-order valence-electron chi connectivity index (χ0n) is 21.9. The predicted octanol–water partition coefficient (Wildman–Crippen LogP) is 5.42. The van der Waals surface area contributed by atoms with E-state index in [2.05, 4.69) is 20.2 Å². The molecule has 1 aromatic heterocycles. The lowest BCUT2D eigenvalue weighted by Gasteiger charge is -2.38. The number of fused-ring (bicyclic) bond motifs is 1. The average molecular weight is 542 g/mol. The molecule has 2 aromatic carbocycles. The maximum atomic E-state index is 14.5. The third-order valence-electron chi connectivity index (χ3n) is 7.55. The van der Waals surface area contributed by atoms with E-state index in [9.17, 15) is 9.18 Å². The van der Waals surface area contributed by atoms with E-state index in [0.717, 1.165) is 45.1 Å². The first-order valence-electron chi connectivity index (χ1n) is 13.0. The van der Waals surface area contributed by atoms with E-state index in [1.807, 2.05) is 20.2 Å². The number of hydrogen-bond acceptors (Lipinski definition) is 7. The Labute approximate surface area is 227 Å². The molecule has 2 fully saturated rings. The quantitative estimate of drug-likeness (QED) is 0.428. The molecule has 1 aliphatic heterocycles. The molecule has 1 N–H and O–H groups in total. The third-order valence-corrected chi connectivity index (χ3v) is 7.84. The first-order chi connectivity index (χ1) is 18.4.